The van der Waals surface area contributed by atoms with Gasteiger partial charge < -0.3 is 9.73 Å². The van der Waals surface area contributed by atoms with Crippen molar-refractivity contribution in [3.8, 4) is 0 Å². The number of rotatable bonds is 7. The van der Waals surface area contributed by atoms with E-state index in [9.17, 15) is 0 Å². The van der Waals surface area contributed by atoms with Crippen LogP contribution >= 0.6 is 11.8 Å². The van der Waals surface area contributed by atoms with Crippen LogP contribution in [0.1, 0.15) is 25.2 Å². The van der Waals surface area contributed by atoms with Gasteiger partial charge in [-0.1, -0.05) is 13.8 Å². The molecule has 0 aromatic carbocycles. The Labute approximate surface area is 96.8 Å². The Morgan fingerprint density at radius 1 is 1.47 bits per heavy atom. The van der Waals surface area contributed by atoms with E-state index in [0.29, 0.717) is 0 Å². The summed E-state index contributed by atoms with van der Waals surface area (Å²) in [5, 5.41) is 3.43. The van der Waals surface area contributed by atoms with Crippen LogP contribution in [0.15, 0.2) is 16.7 Å². The van der Waals surface area contributed by atoms with Crippen molar-refractivity contribution in [3.63, 3.8) is 0 Å². The molecule has 1 heterocycles. The predicted molar refractivity (Wildman–Crippen MR) is 67.3 cm³/mol. The third kappa shape index (κ3) is 5.28. The van der Waals surface area contributed by atoms with Gasteiger partial charge in [-0.2, -0.15) is 11.8 Å². The summed E-state index contributed by atoms with van der Waals surface area (Å²) in [6.45, 7) is 8.75. The molecule has 0 saturated carbocycles. The molecular formula is C12H21NOS. The van der Waals surface area contributed by atoms with E-state index in [0.717, 1.165) is 36.3 Å². The Morgan fingerprint density at radius 2 is 2.27 bits per heavy atom. The first-order valence-electron chi connectivity index (χ1n) is 5.51. The lowest BCUT2D eigenvalue weighted by atomic mass is 10.2. The van der Waals surface area contributed by atoms with Gasteiger partial charge in [-0.25, -0.2) is 0 Å². The van der Waals surface area contributed by atoms with Crippen LogP contribution in [-0.4, -0.2) is 18.8 Å². The highest BCUT2D eigenvalue weighted by molar-refractivity contribution is 7.98. The van der Waals surface area contributed by atoms with E-state index in [1.807, 2.05) is 17.8 Å². The van der Waals surface area contributed by atoms with E-state index >= 15 is 0 Å². The zero-order valence-electron chi connectivity index (χ0n) is 9.88. The first kappa shape index (κ1) is 12.7. The molecule has 3 heteroatoms. The third-order valence-corrected chi connectivity index (χ3v) is 3.14. The maximum absolute atomic E-state index is 5.37. The molecule has 0 atom stereocenters. The van der Waals surface area contributed by atoms with Crippen LogP contribution in [0, 0.1) is 12.8 Å². The topological polar surface area (TPSA) is 25.2 Å². The zero-order chi connectivity index (χ0) is 11.1. The minimum atomic E-state index is 0.738. The predicted octanol–water partition coefficient (Wildman–Crippen LogP) is 3.07. The maximum atomic E-state index is 5.37. The first-order valence-corrected chi connectivity index (χ1v) is 6.67. The Hall–Kier alpha value is -0.410. The van der Waals surface area contributed by atoms with Crippen molar-refractivity contribution in [2.45, 2.75) is 26.5 Å². The molecule has 2 nitrogen and oxygen atoms in total. The number of hydrogen-bond acceptors (Lipinski definition) is 3. The van der Waals surface area contributed by atoms with Gasteiger partial charge in [-0.15, -0.1) is 0 Å². The summed E-state index contributed by atoms with van der Waals surface area (Å²) in [5.74, 6) is 3.99. The second-order valence-corrected chi connectivity index (χ2v) is 5.28. The molecule has 0 spiro atoms. The fourth-order valence-corrected chi connectivity index (χ4v) is 2.17. The summed E-state index contributed by atoms with van der Waals surface area (Å²) >= 11 is 1.92. The summed E-state index contributed by atoms with van der Waals surface area (Å²) in [6.07, 6.45) is 1.77. The Bertz CT molecular complexity index is 270. The van der Waals surface area contributed by atoms with Gasteiger partial charge in [0.25, 0.3) is 0 Å². The summed E-state index contributed by atoms with van der Waals surface area (Å²) in [5.41, 5.74) is 1.26. The molecule has 0 saturated heterocycles. The molecule has 86 valence electrons. The van der Waals surface area contributed by atoms with Gasteiger partial charge in [0.15, 0.2) is 0 Å². The van der Waals surface area contributed by atoms with Gasteiger partial charge in [-0.3, -0.25) is 0 Å². The van der Waals surface area contributed by atoms with Gasteiger partial charge in [-0.05, 0) is 31.0 Å². The van der Waals surface area contributed by atoms with Gasteiger partial charge >= 0.3 is 0 Å². The molecule has 0 amide bonds. The highest BCUT2D eigenvalue weighted by atomic mass is 32.2. The van der Waals surface area contributed by atoms with Crippen molar-refractivity contribution in [3.05, 3.63) is 23.7 Å². The second-order valence-electron chi connectivity index (χ2n) is 4.18. The molecular weight excluding hydrogens is 206 g/mol. The van der Waals surface area contributed by atoms with Gasteiger partial charge in [0.2, 0.25) is 0 Å². The lowest BCUT2D eigenvalue weighted by molar-refractivity contribution is 0.527. The molecule has 1 aromatic heterocycles. The molecule has 0 aliphatic heterocycles. The van der Waals surface area contributed by atoms with Crippen LogP contribution < -0.4 is 5.32 Å². The number of hydrogen-bond donors (Lipinski definition) is 1. The minimum absolute atomic E-state index is 0.738. The lowest BCUT2D eigenvalue weighted by Crippen LogP contribution is -2.22. The standard InChI is InChI=1S/C12H21NOS/c1-10(2)8-13-5-7-15-9-12-11(3)4-6-14-12/h4,6,10,13H,5,7-9H2,1-3H3. The monoisotopic (exact) mass is 227 g/mol. The van der Waals surface area contributed by atoms with Crippen LogP contribution in [0.2, 0.25) is 0 Å². The highest BCUT2D eigenvalue weighted by Gasteiger charge is 2.01. The quantitative estimate of drug-likeness (QED) is 0.725. The van der Waals surface area contributed by atoms with Crippen LogP contribution in [0.25, 0.3) is 0 Å². The second kappa shape index (κ2) is 6.96. The average Bonchev–Trinajstić information content (AvgIpc) is 2.57. The number of nitrogens with one attached hydrogen (secondary N) is 1. The molecule has 1 N–H and O–H groups in total. The van der Waals surface area contributed by atoms with Gasteiger partial charge in [0.1, 0.15) is 5.76 Å². The summed E-state index contributed by atoms with van der Waals surface area (Å²) in [6, 6.07) is 2.02. The molecule has 0 aliphatic carbocycles. The molecule has 1 rings (SSSR count). The van der Waals surface area contributed by atoms with E-state index in [1.165, 1.54) is 5.56 Å². The van der Waals surface area contributed by atoms with E-state index < -0.39 is 0 Å². The molecule has 0 radical (unpaired) electrons. The summed E-state index contributed by atoms with van der Waals surface area (Å²) in [4.78, 5) is 0. The van der Waals surface area contributed by atoms with Crippen molar-refractivity contribution in [1.82, 2.24) is 5.32 Å². The fourth-order valence-electron chi connectivity index (χ4n) is 1.25. The average molecular weight is 227 g/mol. The zero-order valence-corrected chi connectivity index (χ0v) is 10.7. The molecule has 0 bridgehead atoms. The van der Waals surface area contributed by atoms with Crippen molar-refractivity contribution in [2.75, 3.05) is 18.8 Å². The minimum Gasteiger partial charge on any atom is -0.468 e. The lowest BCUT2D eigenvalue weighted by Gasteiger charge is -2.06. The van der Waals surface area contributed by atoms with Crippen LogP contribution in [-0.2, 0) is 5.75 Å². The Kier molecular flexibility index (Phi) is 5.88. The molecule has 1 aromatic rings. The summed E-state index contributed by atoms with van der Waals surface area (Å²) < 4.78 is 5.37. The number of aryl methyl sites for hydroxylation is 1. The molecule has 15 heavy (non-hydrogen) atoms. The number of thioether (sulfide) groups is 1. The summed E-state index contributed by atoms with van der Waals surface area (Å²) in [7, 11) is 0. The van der Waals surface area contributed by atoms with Crippen molar-refractivity contribution in [2.24, 2.45) is 5.92 Å². The van der Waals surface area contributed by atoms with E-state index in [4.69, 9.17) is 4.42 Å². The maximum Gasteiger partial charge on any atom is 0.116 e. The van der Waals surface area contributed by atoms with E-state index in [-0.39, 0.29) is 0 Å². The van der Waals surface area contributed by atoms with E-state index in [1.54, 1.807) is 6.26 Å². The smallest absolute Gasteiger partial charge is 0.116 e. The Balaban J connectivity index is 2.00. The normalized spacial score (nSPS) is 11.2. The van der Waals surface area contributed by atoms with Gasteiger partial charge in [0, 0.05) is 12.3 Å². The Morgan fingerprint density at radius 3 is 2.87 bits per heavy atom. The highest BCUT2D eigenvalue weighted by Crippen LogP contribution is 2.16. The van der Waals surface area contributed by atoms with Crippen LogP contribution in [0.3, 0.4) is 0 Å². The van der Waals surface area contributed by atoms with Crippen LogP contribution in [0.5, 0.6) is 0 Å². The number of furan rings is 1. The molecule has 0 fully saturated rings. The van der Waals surface area contributed by atoms with Crippen molar-refractivity contribution < 1.29 is 4.42 Å². The third-order valence-electron chi connectivity index (χ3n) is 2.18. The van der Waals surface area contributed by atoms with E-state index in [2.05, 4.69) is 26.1 Å². The largest absolute Gasteiger partial charge is 0.468 e. The first-order chi connectivity index (χ1) is 7.20. The van der Waals surface area contributed by atoms with Crippen molar-refractivity contribution in [1.29, 1.82) is 0 Å². The van der Waals surface area contributed by atoms with Gasteiger partial charge in [0.05, 0.1) is 12.0 Å². The fraction of sp³-hybridized carbons (Fsp3) is 0.667. The SMILES string of the molecule is Cc1ccoc1CSCCNCC(C)C. The molecule has 0 aliphatic rings. The van der Waals surface area contributed by atoms with Crippen molar-refractivity contribution >= 4 is 11.8 Å². The molecule has 0 unspecified atom stereocenters. The van der Waals surface area contributed by atoms with Crippen LogP contribution in [0.4, 0.5) is 0 Å².